The van der Waals surface area contributed by atoms with Crippen molar-refractivity contribution in [3.05, 3.63) is 155 Å². The molecule has 2 amide bonds. The number of ether oxygens (including phenoxy) is 4. The summed E-state index contributed by atoms with van der Waals surface area (Å²) in [5.74, 6) is 0.206. The molecule has 3 N–H and O–H groups in total. The van der Waals surface area contributed by atoms with Crippen molar-refractivity contribution in [2.24, 2.45) is 11.8 Å². The Morgan fingerprint density at radius 3 is 2.22 bits per heavy atom. The fourth-order valence-corrected chi connectivity index (χ4v) is 10.4. The first-order valence-electron chi connectivity index (χ1n) is 20.9. The number of hydrogen-bond donors (Lipinski definition) is 3. The second kappa shape index (κ2) is 18.0. The molecule has 5 aromatic carbocycles. The lowest BCUT2D eigenvalue weighted by atomic mass is 9.65. The fourth-order valence-electron chi connectivity index (χ4n) is 9.49. The van der Waals surface area contributed by atoms with Gasteiger partial charge >= 0.3 is 17.9 Å². The summed E-state index contributed by atoms with van der Waals surface area (Å²) in [6.45, 7) is -0.153. The summed E-state index contributed by atoms with van der Waals surface area (Å²) in [7, 11) is 2.33. The SMILES string of the molecule is COC(=O)C(CC#Cc1ccc2c(c1)[C@]1(C(=O)N2)[C@H](C(=O)Nc2nc3ccccc3s2)[C@H]2C(=O)O[C@H](c3ccccc3)[C@H](c3ccccc3)N2[C@@H]1c1ccc(OCCO)cc1)C(=O)OC. The van der Waals surface area contributed by atoms with Crippen LogP contribution < -0.4 is 15.4 Å². The number of para-hydroxylation sites is 1. The van der Waals surface area contributed by atoms with Gasteiger partial charge in [0.05, 0.1) is 49.0 Å². The Bertz CT molecular complexity index is 2810. The van der Waals surface area contributed by atoms with Crippen LogP contribution in [0.15, 0.2) is 127 Å². The van der Waals surface area contributed by atoms with Crippen molar-refractivity contribution >= 4 is 62.1 Å². The Morgan fingerprint density at radius 1 is 0.862 bits per heavy atom. The number of cyclic esters (lactones) is 1. The zero-order valence-electron chi connectivity index (χ0n) is 35.1. The van der Waals surface area contributed by atoms with Gasteiger partial charge in [0.15, 0.2) is 11.0 Å². The zero-order chi connectivity index (χ0) is 45.2. The highest BCUT2D eigenvalue weighted by Crippen LogP contribution is 2.65. The Morgan fingerprint density at radius 2 is 1.54 bits per heavy atom. The van der Waals surface area contributed by atoms with Crippen LogP contribution in [0.2, 0.25) is 0 Å². The molecule has 0 radical (unpaired) electrons. The number of fused-ring (bicyclic) bond motifs is 4. The Hall–Kier alpha value is -7.38. The van der Waals surface area contributed by atoms with Gasteiger partial charge in [0, 0.05) is 17.7 Å². The van der Waals surface area contributed by atoms with Crippen molar-refractivity contribution in [1.29, 1.82) is 0 Å². The highest BCUT2D eigenvalue weighted by atomic mass is 32.1. The van der Waals surface area contributed by atoms with Gasteiger partial charge in [-0.2, -0.15) is 0 Å². The lowest BCUT2D eigenvalue weighted by Gasteiger charge is -2.46. The number of amides is 2. The molecule has 15 heteroatoms. The molecule has 9 rings (SSSR count). The molecule has 6 aromatic rings. The maximum atomic E-state index is 15.6. The number of nitrogens with zero attached hydrogens (tertiary/aromatic N) is 2. The number of aliphatic hydroxyl groups excluding tert-OH is 1. The fraction of sp³-hybridized carbons (Fsp3) is 0.240. The van der Waals surface area contributed by atoms with Gasteiger partial charge in [-0.05, 0) is 64.7 Å². The van der Waals surface area contributed by atoms with Crippen molar-refractivity contribution in [3.63, 3.8) is 0 Å². The van der Waals surface area contributed by atoms with Crippen LogP contribution in [0.1, 0.15) is 52.4 Å². The van der Waals surface area contributed by atoms with Crippen LogP contribution in [0.3, 0.4) is 0 Å². The first-order chi connectivity index (χ1) is 31.7. The second-order valence-corrected chi connectivity index (χ2v) is 16.7. The first-order valence-corrected chi connectivity index (χ1v) is 21.7. The van der Waals surface area contributed by atoms with Crippen LogP contribution in [0.4, 0.5) is 10.8 Å². The number of esters is 3. The minimum Gasteiger partial charge on any atom is -0.491 e. The molecule has 6 atom stereocenters. The summed E-state index contributed by atoms with van der Waals surface area (Å²) in [6, 6.07) is 35.4. The van der Waals surface area contributed by atoms with E-state index in [9.17, 15) is 14.7 Å². The average Bonchev–Trinajstić information content (AvgIpc) is 3.99. The van der Waals surface area contributed by atoms with E-state index in [2.05, 4.69) is 22.5 Å². The average molecular weight is 891 g/mol. The van der Waals surface area contributed by atoms with Gasteiger partial charge < -0.3 is 34.7 Å². The molecule has 1 spiro atoms. The number of rotatable bonds is 11. The lowest BCUT2D eigenvalue weighted by molar-refractivity contribution is -0.178. The Labute approximate surface area is 377 Å². The van der Waals surface area contributed by atoms with Crippen LogP contribution >= 0.6 is 11.3 Å². The number of aromatic nitrogens is 1. The summed E-state index contributed by atoms with van der Waals surface area (Å²) in [5, 5.41) is 15.9. The van der Waals surface area contributed by atoms with Crippen LogP contribution in [-0.4, -0.2) is 78.2 Å². The molecule has 1 aromatic heterocycles. The van der Waals surface area contributed by atoms with E-state index in [1.807, 2.05) is 89.8 Å². The Kier molecular flexibility index (Phi) is 11.9. The number of morpholine rings is 1. The van der Waals surface area contributed by atoms with Crippen molar-refractivity contribution in [3.8, 4) is 17.6 Å². The van der Waals surface area contributed by atoms with Crippen LogP contribution in [-0.2, 0) is 43.6 Å². The molecule has 3 aliphatic rings. The molecule has 2 saturated heterocycles. The van der Waals surface area contributed by atoms with Crippen LogP contribution in [0, 0.1) is 23.7 Å². The van der Waals surface area contributed by atoms with E-state index in [0.29, 0.717) is 39.2 Å². The van der Waals surface area contributed by atoms with Crippen molar-refractivity contribution < 1.29 is 48.0 Å². The van der Waals surface area contributed by atoms with Gasteiger partial charge in [-0.15, -0.1) is 0 Å². The topological polar surface area (TPSA) is 183 Å². The van der Waals surface area contributed by atoms with Crippen molar-refractivity contribution in [1.82, 2.24) is 9.88 Å². The monoisotopic (exact) mass is 890 g/mol. The van der Waals surface area contributed by atoms with E-state index in [0.717, 1.165) is 10.3 Å². The highest BCUT2D eigenvalue weighted by molar-refractivity contribution is 7.22. The minimum atomic E-state index is -1.84. The molecule has 14 nitrogen and oxygen atoms in total. The van der Waals surface area contributed by atoms with Crippen molar-refractivity contribution in [2.75, 3.05) is 38.1 Å². The third kappa shape index (κ3) is 7.65. The van der Waals surface area contributed by atoms with Crippen LogP contribution in [0.5, 0.6) is 5.75 Å². The molecule has 4 heterocycles. The number of thiazole rings is 1. The van der Waals surface area contributed by atoms with Gasteiger partial charge in [-0.25, -0.2) is 4.98 Å². The maximum Gasteiger partial charge on any atom is 0.324 e. The molecule has 2 fully saturated rings. The van der Waals surface area contributed by atoms with Crippen molar-refractivity contribution in [2.45, 2.75) is 36.1 Å². The smallest absolute Gasteiger partial charge is 0.324 e. The number of methoxy groups -OCH3 is 2. The number of aliphatic hydroxyl groups is 1. The number of nitrogens with one attached hydrogen (secondary N) is 2. The van der Waals surface area contributed by atoms with E-state index in [-0.39, 0.29) is 24.8 Å². The second-order valence-electron chi connectivity index (χ2n) is 15.7. The predicted octanol–water partition coefficient (Wildman–Crippen LogP) is 6.28. The minimum absolute atomic E-state index is 0.0508. The molecular formula is C50H42N4O10S. The van der Waals surface area contributed by atoms with Gasteiger partial charge in [0.25, 0.3) is 0 Å². The third-order valence-electron chi connectivity index (χ3n) is 12.2. The van der Waals surface area contributed by atoms with Gasteiger partial charge in [-0.1, -0.05) is 108 Å². The Balaban J connectivity index is 1.28. The van der Waals surface area contributed by atoms with E-state index < -0.39 is 71.2 Å². The number of carbonyl (C=O) groups excluding carboxylic acids is 5. The molecule has 0 saturated carbocycles. The van der Waals surface area contributed by atoms with Gasteiger partial charge in [0.1, 0.15) is 29.9 Å². The number of hydrogen-bond acceptors (Lipinski definition) is 13. The predicted molar refractivity (Wildman–Crippen MR) is 239 cm³/mol. The van der Waals surface area contributed by atoms with Gasteiger partial charge in [0.2, 0.25) is 11.8 Å². The molecule has 0 bridgehead atoms. The van der Waals surface area contributed by atoms with E-state index in [1.165, 1.54) is 25.6 Å². The summed E-state index contributed by atoms with van der Waals surface area (Å²) in [5.41, 5.74) is 2.09. The maximum absolute atomic E-state index is 15.6. The summed E-state index contributed by atoms with van der Waals surface area (Å²) < 4.78 is 22.7. The summed E-state index contributed by atoms with van der Waals surface area (Å²) in [6.07, 6.45) is -1.10. The normalized spacial score (nSPS) is 22.0. The third-order valence-corrected chi connectivity index (χ3v) is 13.1. The number of anilines is 2. The summed E-state index contributed by atoms with van der Waals surface area (Å²) >= 11 is 1.26. The standard InChI is InChI=1S/C50H42N4O10S/c1-61-45(57)34(46(58)62-2)17-11-12-29-20-25-36-35(28-29)50(48(60)51-36)39(44(56)53-49-52-37-18-9-10-19-38(37)65-49)41-47(59)64-42(31-15-7-4-8-16-31)40(30-13-5-3-6-14-30)54(41)43(50)32-21-23-33(24-22-32)63-27-26-55/h3-10,13-16,18-25,28,34,39-43,55H,17,26-27H2,1-2H3,(H,51,60)(H,52,53,56)/t39-,40-,41-,42+,43+,50-/m0/s1. The molecule has 328 valence electrons. The number of carbonyl (C=O) groups is 5. The molecular weight excluding hydrogens is 849 g/mol. The summed E-state index contributed by atoms with van der Waals surface area (Å²) in [4.78, 5) is 77.9. The quantitative estimate of drug-likeness (QED) is 0.0574. The van der Waals surface area contributed by atoms with E-state index >= 15 is 14.4 Å². The zero-order valence-corrected chi connectivity index (χ0v) is 36.0. The number of benzene rings is 5. The molecule has 0 unspecified atom stereocenters. The van der Waals surface area contributed by atoms with Gasteiger partial charge in [-0.3, -0.25) is 28.9 Å². The molecule has 0 aliphatic carbocycles. The largest absolute Gasteiger partial charge is 0.491 e. The lowest BCUT2D eigenvalue weighted by Crippen LogP contribution is -2.53. The highest BCUT2D eigenvalue weighted by Gasteiger charge is 2.74. The van der Waals surface area contributed by atoms with E-state index in [1.54, 1.807) is 42.5 Å². The van der Waals surface area contributed by atoms with E-state index in [4.69, 9.17) is 23.9 Å². The van der Waals surface area contributed by atoms with Crippen LogP contribution in [0.25, 0.3) is 10.2 Å². The molecule has 65 heavy (non-hydrogen) atoms. The first kappa shape index (κ1) is 42.9. The molecule has 3 aliphatic heterocycles.